The van der Waals surface area contributed by atoms with E-state index in [0.717, 1.165) is 47.8 Å². The van der Waals surface area contributed by atoms with Crippen molar-refractivity contribution in [3.8, 4) is 6.07 Å². The second-order valence-corrected chi connectivity index (χ2v) is 9.43. The first-order valence-corrected chi connectivity index (χ1v) is 11.4. The smallest absolute Gasteiger partial charge is 0.215 e. The Morgan fingerprint density at radius 1 is 1.38 bits per heavy atom. The molecule has 1 unspecified atom stereocenters. The largest absolute Gasteiger partial charge is 0.346 e. The number of pyridine rings is 1. The number of rotatable bonds is 8. The highest BCUT2D eigenvalue weighted by Crippen LogP contribution is 2.36. The Balaban J connectivity index is 1.57. The second-order valence-electron chi connectivity index (χ2n) is 7.56. The lowest BCUT2D eigenvalue weighted by atomic mass is 9.90. The molecule has 2 aromatic heterocycles. The number of hydrogen-bond acceptors (Lipinski definition) is 5. The average molecular weight is 414 g/mol. The lowest BCUT2D eigenvalue weighted by molar-refractivity contribution is -0.107. The number of carbonyl (C=O) groups excluding carboxylic acids is 1. The highest BCUT2D eigenvalue weighted by molar-refractivity contribution is 7.89. The van der Waals surface area contributed by atoms with Crippen LogP contribution in [0.15, 0.2) is 24.4 Å². The van der Waals surface area contributed by atoms with E-state index in [0.29, 0.717) is 18.7 Å². The van der Waals surface area contributed by atoms with E-state index in [1.54, 1.807) is 4.90 Å². The zero-order chi connectivity index (χ0) is 20.4. The van der Waals surface area contributed by atoms with Crippen LogP contribution < -0.4 is 9.62 Å². The van der Waals surface area contributed by atoms with Gasteiger partial charge in [0.25, 0.3) is 0 Å². The van der Waals surface area contributed by atoms with Gasteiger partial charge in [0.05, 0.1) is 18.2 Å². The summed E-state index contributed by atoms with van der Waals surface area (Å²) in [6.07, 6.45) is 8.72. The van der Waals surface area contributed by atoms with Gasteiger partial charge in [0.15, 0.2) is 0 Å². The second kappa shape index (κ2) is 7.97. The van der Waals surface area contributed by atoms with E-state index in [1.165, 1.54) is 0 Å². The fraction of sp³-hybridized carbons (Fsp3) is 0.450. The summed E-state index contributed by atoms with van der Waals surface area (Å²) in [6, 6.07) is 5.87. The molecule has 1 saturated carbocycles. The minimum Gasteiger partial charge on any atom is -0.346 e. The van der Waals surface area contributed by atoms with Crippen molar-refractivity contribution in [3.05, 3.63) is 30.0 Å². The van der Waals surface area contributed by atoms with Gasteiger partial charge in [0.2, 0.25) is 16.4 Å². The van der Waals surface area contributed by atoms with Gasteiger partial charge in [-0.15, -0.1) is 0 Å². The lowest BCUT2D eigenvalue weighted by Gasteiger charge is -2.24. The molecule has 2 aliphatic rings. The molecular formula is C20H23N5O3S. The number of amides is 1. The summed E-state index contributed by atoms with van der Waals surface area (Å²) in [5.41, 5.74) is 2.90. The Morgan fingerprint density at radius 3 is 2.86 bits per heavy atom. The van der Waals surface area contributed by atoms with Crippen molar-refractivity contribution in [2.24, 2.45) is 0 Å². The summed E-state index contributed by atoms with van der Waals surface area (Å²) in [4.78, 5) is 21.0. The van der Waals surface area contributed by atoms with Gasteiger partial charge in [-0.25, -0.2) is 18.1 Å². The summed E-state index contributed by atoms with van der Waals surface area (Å²) in [7, 11) is -3.44. The van der Waals surface area contributed by atoms with Gasteiger partial charge in [-0.2, -0.15) is 5.26 Å². The van der Waals surface area contributed by atoms with Crippen LogP contribution in [-0.2, 0) is 14.8 Å². The predicted molar refractivity (Wildman–Crippen MR) is 110 cm³/mol. The van der Waals surface area contributed by atoms with Crippen molar-refractivity contribution < 1.29 is 13.2 Å². The van der Waals surface area contributed by atoms with E-state index in [2.05, 4.69) is 20.8 Å². The zero-order valence-electron chi connectivity index (χ0n) is 16.0. The van der Waals surface area contributed by atoms with Crippen LogP contribution in [0.2, 0.25) is 0 Å². The minimum atomic E-state index is -3.44. The maximum atomic E-state index is 12.0. The number of carbonyl (C=O) groups is 1. The maximum absolute atomic E-state index is 12.0. The Hall–Kier alpha value is -2.70. The molecule has 0 saturated heterocycles. The number of allylic oxidation sites excluding steroid dienone is 1. The Bertz CT molecular complexity index is 1100. The molecule has 29 heavy (non-hydrogen) atoms. The summed E-state index contributed by atoms with van der Waals surface area (Å²) >= 11 is 0. The number of H-pyrrole nitrogens is 1. The molecule has 2 aliphatic carbocycles. The molecule has 2 heterocycles. The number of nitrogens with one attached hydrogen (secondary N) is 2. The van der Waals surface area contributed by atoms with Gasteiger partial charge in [0, 0.05) is 23.7 Å². The van der Waals surface area contributed by atoms with Gasteiger partial charge >= 0.3 is 0 Å². The number of nitrogens with zero attached hydrogens (tertiary/aromatic N) is 3. The first-order chi connectivity index (χ1) is 14.0. The molecule has 0 aromatic carbocycles. The summed E-state index contributed by atoms with van der Waals surface area (Å²) in [6.45, 7) is 0. The Morgan fingerprint density at radius 2 is 2.21 bits per heavy atom. The maximum Gasteiger partial charge on any atom is 0.215 e. The summed E-state index contributed by atoms with van der Waals surface area (Å²) in [5, 5.41) is 9.59. The quantitative estimate of drug-likeness (QED) is 0.644. The first kappa shape index (κ1) is 19.6. The number of fused-ring (bicyclic) bond motifs is 1. The van der Waals surface area contributed by atoms with E-state index >= 15 is 0 Å². The van der Waals surface area contributed by atoms with Crippen LogP contribution in [0, 0.1) is 11.3 Å². The van der Waals surface area contributed by atoms with Crippen molar-refractivity contribution in [1.29, 1.82) is 5.26 Å². The molecule has 0 radical (unpaired) electrons. The highest BCUT2D eigenvalue weighted by Gasteiger charge is 2.31. The monoisotopic (exact) mass is 413 g/mol. The third-order valence-electron chi connectivity index (χ3n) is 5.42. The Kier molecular flexibility index (Phi) is 5.39. The van der Waals surface area contributed by atoms with E-state index in [9.17, 15) is 13.2 Å². The molecule has 2 N–H and O–H groups in total. The van der Waals surface area contributed by atoms with Crippen molar-refractivity contribution >= 4 is 38.9 Å². The lowest BCUT2D eigenvalue weighted by Crippen LogP contribution is -2.37. The summed E-state index contributed by atoms with van der Waals surface area (Å²) < 4.78 is 26.8. The van der Waals surface area contributed by atoms with Gasteiger partial charge in [-0.05, 0) is 55.4 Å². The van der Waals surface area contributed by atoms with Crippen LogP contribution in [0.5, 0.6) is 0 Å². The van der Waals surface area contributed by atoms with Crippen molar-refractivity contribution in [1.82, 2.24) is 14.7 Å². The predicted octanol–water partition coefficient (Wildman–Crippen LogP) is 2.46. The molecule has 2 aromatic rings. The van der Waals surface area contributed by atoms with Gasteiger partial charge in [-0.3, -0.25) is 9.69 Å². The summed E-state index contributed by atoms with van der Waals surface area (Å²) in [5.74, 6) is 0.476. The number of sulfonamides is 1. The molecule has 0 aliphatic heterocycles. The third kappa shape index (κ3) is 4.33. The molecular weight excluding hydrogens is 390 g/mol. The molecule has 0 spiro atoms. The molecule has 152 valence electrons. The average Bonchev–Trinajstić information content (AvgIpc) is 3.42. The molecule has 1 atom stereocenters. The van der Waals surface area contributed by atoms with Crippen LogP contribution >= 0.6 is 0 Å². The zero-order valence-corrected chi connectivity index (χ0v) is 16.8. The number of aromatic nitrogens is 2. The topological polar surface area (TPSA) is 119 Å². The number of nitriles is 1. The van der Waals surface area contributed by atoms with Gasteiger partial charge < -0.3 is 4.98 Å². The fourth-order valence-corrected chi connectivity index (χ4v) is 4.98. The molecule has 1 amide bonds. The first-order valence-electron chi connectivity index (χ1n) is 9.79. The van der Waals surface area contributed by atoms with Crippen LogP contribution in [0.1, 0.15) is 44.1 Å². The van der Waals surface area contributed by atoms with E-state index < -0.39 is 10.0 Å². The van der Waals surface area contributed by atoms with Crippen molar-refractivity contribution in [2.45, 2.75) is 50.6 Å². The fourth-order valence-electron chi connectivity index (χ4n) is 3.78. The van der Waals surface area contributed by atoms with Crippen molar-refractivity contribution in [3.63, 3.8) is 0 Å². The van der Waals surface area contributed by atoms with Gasteiger partial charge in [0.1, 0.15) is 11.5 Å². The van der Waals surface area contributed by atoms with Crippen LogP contribution in [0.4, 0.5) is 5.82 Å². The van der Waals surface area contributed by atoms with Crippen LogP contribution in [0.3, 0.4) is 0 Å². The van der Waals surface area contributed by atoms with E-state index in [4.69, 9.17) is 5.26 Å². The minimum absolute atomic E-state index is 0.0113. The molecule has 9 heteroatoms. The number of hydrogen-bond donors (Lipinski definition) is 2. The Labute approximate surface area is 169 Å². The van der Waals surface area contributed by atoms with Gasteiger partial charge in [-0.1, -0.05) is 6.08 Å². The molecule has 1 fully saturated rings. The van der Waals surface area contributed by atoms with Crippen molar-refractivity contribution in [2.75, 3.05) is 10.7 Å². The number of anilines is 1. The molecule has 8 nitrogen and oxygen atoms in total. The normalized spacial score (nSPS) is 19.6. The van der Waals surface area contributed by atoms with E-state index in [1.807, 2.05) is 24.4 Å². The highest BCUT2D eigenvalue weighted by atomic mass is 32.2. The van der Waals surface area contributed by atoms with Crippen LogP contribution in [0.25, 0.3) is 16.6 Å². The number of aromatic amines is 1. The van der Waals surface area contributed by atoms with E-state index in [-0.39, 0.29) is 24.3 Å². The molecule has 4 rings (SSSR count). The third-order valence-corrected chi connectivity index (χ3v) is 6.85. The standard InChI is InChI=1S/C20H23N5O3S/c21-9-1-11-29(27,28)24-15-4-2-14(3-5-15)18-12-19(25(13-26)16-6-7-16)23-20-17(18)8-10-22-20/h2,8,10,12-13,15-16,24H,1,3-7,11H2,(H,22,23). The molecule has 0 bridgehead atoms. The SMILES string of the molecule is N#CCCS(=O)(=O)NC1CC=C(c2cc(N(C=O)C3CC3)nc3[nH]ccc23)CC1. The van der Waals surface area contributed by atoms with Crippen LogP contribution in [-0.4, -0.2) is 42.6 Å².